The van der Waals surface area contributed by atoms with Crippen LogP contribution in [0, 0.1) is 11.8 Å². The molecule has 106 valence electrons. The molecule has 0 spiro atoms. The van der Waals surface area contributed by atoms with Crippen LogP contribution in [0.1, 0.15) is 30.5 Å². The minimum Gasteiger partial charge on any atom is -0.329 e. The molecule has 1 aromatic carbocycles. The second-order valence-electron chi connectivity index (χ2n) is 5.25. The average Bonchev–Trinajstić information content (AvgIpc) is 3.05. The number of hydrogen-bond donors (Lipinski definition) is 2. The Morgan fingerprint density at radius 2 is 2.00 bits per heavy atom. The topological polar surface area (TPSA) is 38.0 Å². The van der Waals surface area contributed by atoms with E-state index in [9.17, 15) is 13.2 Å². The molecule has 0 aliphatic heterocycles. The van der Waals surface area contributed by atoms with Crippen molar-refractivity contribution in [3.8, 4) is 0 Å². The highest BCUT2D eigenvalue weighted by Gasteiger charge is 2.36. The van der Waals surface area contributed by atoms with Crippen LogP contribution in [0.25, 0.3) is 0 Å². The summed E-state index contributed by atoms with van der Waals surface area (Å²) in [4.78, 5) is 0. The molecular weight excluding hydrogens is 253 g/mol. The lowest BCUT2D eigenvalue weighted by Crippen LogP contribution is -2.31. The Kier molecular flexibility index (Phi) is 4.16. The molecule has 2 rings (SSSR count). The molecule has 0 radical (unpaired) electrons. The third-order valence-corrected chi connectivity index (χ3v) is 3.78. The Morgan fingerprint density at radius 1 is 1.37 bits per heavy atom. The first kappa shape index (κ1) is 14.3. The van der Waals surface area contributed by atoms with Crippen molar-refractivity contribution < 1.29 is 13.2 Å². The van der Waals surface area contributed by atoms with Crippen molar-refractivity contribution in [1.82, 2.24) is 5.32 Å². The molecular formula is C14H19F3N2. The Bertz CT molecular complexity index is 431. The summed E-state index contributed by atoms with van der Waals surface area (Å²) in [6.07, 6.45) is -3.19. The van der Waals surface area contributed by atoms with Crippen molar-refractivity contribution in [3.05, 3.63) is 35.4 Å². The first-order chi connectivity index (χ1) is 8.93. The minimum atomic E-state index is -4.33. The Balaban J connectivity index is 2.13. The number of alkyl halides is 3. The third kappa shape index (κ3) is 3.48. The SMILES string of the molecule is CC1CC1CNC(CN)c1ccccc1C(F)(F)F. The van der Waals surface area contributed by atoms with Crippen LogP contribution in [0.2, 0.25) is 0 Å². The molecule has 0 bridgehead atoms. The van der Waals surface area contributed by atoms with Gasteiger partial charge in [0.2, 0.25) is 0 Å². The zero-order valence-corrected chi connectivity index (χ0v) is 10.9. The summed E-state index contributed by atoms with van der Waals surface area (Å²) in [6.45, 7) is 3.04. The van der Waals surface area contributed by atoms with E-state index in [2.05, 4.69) is 12.2 Å². The van der Waals surface area contributed by atoms with E-state index in [4.69, 9.17) is 5.73 Å². The highest BCUT2D eigenvalue weighted by Crippen LogP contribution is 2.38. The Hall–Kier alpha value is -1.07. The summed E-state index contributed by atoms with van der Waals surface area (Å²) in [6, 6.07) is 5.20. The van der Waals surface area contributed by atoms with E-state index in [1.807, 2.05) is 0 Å². The van der Waals surface area contributed by atoms with Gasteiger partial charge in [-0.2, -0.15) is 13.2 Å². The first-order valence-corrected chi connectivity index (χ1v) is 6.53. The largest absolute Gasteiger partial charge is 0.416 e. The van der Waals surface area contributed by atoms with Gasteiger partial charge in [0.15, 0.2) is 0 Å². The summed E-state index contributed by atoms with van der Waals surface area (Å²) in [5.41, 5.74) is 5.27. The number of rotatable bonds is 5. The minimum absolute atomic E-state index is 0.161. The fourth-order valence-corrected chi connectivity index (χ4v) is 2.36. The molecule has 1 aromatic rings. The normalized spacial score (nSPS) is 24.3. The predicted octanol–water partition coefficient (Wildman–Crippen LogP) is 2.95. The lowest BCUT2D eigenvalue weighted by Gasteiger charge is -2.21. The van der Waals surface area contributed by atoms with Crippen LogP contribution in [0.4, 0.5) is 13.2 Å². The average molecular weight is 272 g/mol. The number of hydrogen-bond acceptors (Lipinski definition) is 2. The van der Waals surface area contributed by atoms with Crippen LogP contribution < -0.4 is 11.1 Å². The number of nitrogens with one attached hydrogen (secondary N) is 1. The third-order valence-electron chi connectivity index (χ3n) is 3.78. The molecule has 0 heterocycles. The van der Waals surface area contributed by atoms with Gasteiger partial charge in [0.1, 0.15) is 0 Å². The predicted molar refractivity (Wildman–Crippen MR) is 68.5 cm³/mol. The van der Waals surface area contributed by atoms with Gasteiger partial charge < -0.3 is 11.1 Å². The Morgan fingerprint density at radius 3 is 2.53 bits per heavy atom. The van der Waals surface area contributed by atoms with Crippen LogP contribution in [-0.4, -0.2) is 13.1 Å². The molecule has 0 saturated heterocycles. The lowest BCUT2D eigenvalue weighted by molar-refractivity contribution is -0.138. The van der Waals surface area contributed by atoms with Gasteiger partial charge in [-0.25, -0.2) is 0 Å². The number of nitrogens with two attached hydrogens (primary N) is 1. The zero-order valence-electron chi connectivity index (χ0n) is 10.9. The van der Waals surface area contributed by atoms with E-state index in [-0.39, 0.29) is 12.1 Å². The number of halogens is 3. The second-order valence-corrected chi connectivity index (χ2v) is 5.25. The molecule has 19 heavy (non-hydrogen) atoms. The molecule has 0 amide bonds. The van der Waals surface area contributed by atoms with Gasteiger partial charge in [-0.1, -0.05) is 25.1 Å². The molecule has 1 fully saturated rings. The van der Waals surface area contributed by atoms with E-state index >= 15 is 0 Å². The molecule has 1 aliphatic carbocycles. The van der Waals surface area contributed by atoms with Crippen LogP contribution in [0.3, 0.4) is 0 Å². The van der Waals surface area contributed by atoms with Crippen LogP contribution in [-0.2, 0) is 6.18 Å². The quantitative estimate of drug-likeness (QED) is 0.865. The monoisotopic (exact) mass is 272 g/mol. The van der Waals surface area contributed by atoms with E-state index in [0.29, 0.717) is 11.8 Å². The maximum absolute atomic E-state index is 12.9. The second kappa shape index (κ2) is 5.51. The zero-order chi connectivity index (χ0) is 14.0. The van der Waals surface area contributed by atoms with Gasteiger partial charge >= 0.3 is 6.18 Å². The molecule has 3 atom stereocenters. The van der Waals surface area contributed by atoms with E-state index in [1.165, 1.54) is 12.1 Å². The maximum atomic E-state index is 12.9. The molecule has 5 heteroatoms. The highest BCUT2D eigenvalue weighted by atomic mass is 19.4. The summed E-state index contributed by atoms with van der Waals surface area (Å²) >= 11 is 0. The Labute approximate surface area is 111 Å². The smallest absolute Gasteiger partial charge is 0.329 e. The molecule has 2 nitrogen and oxygen atoms in total. The summed E-state index contributed by atoms with van der Waals surface area (Å²) in [5.74, 6) is 1.25. The standard InChI is InChI=1S/C14H19F3N2/c1-9-6-10(9)8-19-13(7-18)11-4-2-3-5-12(11)14(15,16)17/h2-5,9-10,13,19H,6-8,18H2,1H3. The van der Waals surface area contributed by atoms with E-state index < -0.39 is 17.8 Å². The molecule has 3 unspecified atom stereocenters. The van der Waals surface area contributed by atoms with Crippen molar-refractivity contribution in [2.45, 2.75) is 25.6 Å². The lowest BCUT2D eigenvalue weighted by atomic mass is 9.99. The van der Waals surface area contributed by atoms with Crippen molar-refractivity contribution in [1.29, 1.82) is 0 Å². The van der Waals surface area contributed by atoms with Gasteiger partial charge in [0, 0.05) is 12.6 Å². The van der Waals surface area contributed by atoms with Gasteiger partial charge in [0.25, 0.3) is 0 Å². The van der Waals surface area contributed by atoms with Crippen molar-refractivity contribution in [2.24, 2.45) is 17.6 Å². The molecule has 0 aromatic heterocycles. The number of benzene rings is 1. The van der Waals surface area contributed by atoms with E-state index in [0.717, 1.165) is 19.0 Å². The van der Waals surface area contributed by atoms with Crippen LogP contribution in [0.15, 0.2) is 24.3 Å². The summed E-state index contributed by atoms with van der Waals surface area (Å²) < 4.78 is 38.8. The highest BCUT2D eigenvalue weighted by molar-refractivity contribution is 5.32. The fourth-order valence-electron chi connectivity index (χ4n) is 2.36. The first-order valence-electron chi connectivity index (χ1n) is 6.53. The van der Waals surface area contributed by atoms with Crippen LogP contribution in [0.5, 0.6) is 0 Å². The van der Waals surface area contributed by atoms with E-state index in [1.54, 1.807) is 6.07 Å². The maximum Gasteiger partial charge on any atom is 0.416 e. The van der Waals surface area contributed by atoms with Gasteiger partial charge in [-0.05, 0) is 36.4 Å². The van der Waals surface area contributed by atoms with Crippen LogP contribution >= 0.6 is 0 Å². The van der Waals surface area contributed by atoms with Gasteiger partial charge in [0.05, 0.1) is 5.56 Å². The summed E-state index contributed by atoms with van der Waals surface area (Å²) in [7, 11) is 0. The fraction of sp³-hybridized carbons (Fsp3) is 0.571. The molecule has 1 saturated carbocycles. The van der Waals surface area contributed by atoms with Gasteiger partial charge in [-0.3, -0.25) is 0 Å². The van der Waals surface area contributed by atoms with Crippen molar-refractivity contribution >= 4 is 0 Å². The molecule has 3 N–H and O–H groups in total. The van der Waals surface area contributed by atoms with Crippen molar-refractivity contribution in [3.63, 3.8) is 0 Å². The van der Waals surface area contributed by atoms with Crippen molar-refractivity contribution in [2.75, 3.05) is 13.1 Å². The van der Waals surface area contributed by atoms with Gasteiger partial charge in [-0.15, -0.1) is 0 Å². The molecule has 1 aliphatic rings. The summed E-state index contributed by atoms with van der Waals surface area (Å²) in [5, 5.41) is 3.17.